The molecular weight excluding hydrogens is 380 g/mol. The Morgan fingerprint density at radius 2 is 1.60 bits per heavy atom. The second-order valence-corrected chi connectivity index (χ2v) is 10.1. The van der Waals surface area contributed by atoms with Gasteiger partial charge in [-0.25, -0.2) is 4.79 Å². The van der Waals surface area contributed by atoms with Gasteiger partial charge in [-0.05, 0) is 68.4 Å². The summed E-state index contributed by atoms with van der Waals surface area (Å²) in [4.78, 5) is 26.4. The summed E-state index contributed by atoms with van der Waals surface area (Å²) in [6.07, 6.45) is 7.33. The highest BCUT2D eigenvalue weighted by molar-refractivity contribution is 5.91. The van der Waals surface area contributed by atoms with E-state index in [1.807, 2.05) is 12.1 Å². The molecule has 0 atom stereocenters. The van der Waals surface area contributed by atoms with Crippen molar-refractivity contribution >= 4 is 11.9 Å². The standard InChI is InChI=1S/C24H32N2O4/c27-22(25-24-12-18-9-19(13-24)11-20(10-18)14-24)16-30-23(28)21-3-1-17(2-4-21)15-26-5-7-29-8-6-26/h1-4,18-20H,5-16H2,(H,25,27)/p+1. The molecule has 1 aromatic rings. The molecule has 6 nitrogen and oxygen atoms in total. The molecule has 0 unspecified atom stereocenters. The van der Waals surface area contributed by atoms with Crippen LogP contribution in [0.15, 0.2) is 24.3 Å². The molecule has 1 saturated heterocycles. The molecule has 1 heterocycles. The van der Waals surface area contributed by atoms with Gasteiger partial charge < -0.3 is 19.7 Å². The Bertz CT molecular complexity index is 750. The number of amides is 1. The molecule has 1 aliphatic heterocycles. The van der Waals surface area contributed by atoms with Crippen LogP contribution >= 0.6 is 0 Å². The van der Waals surface area contributed by atoms with Gasteiger partial charge in [-0.3, -0.25) is 4.79 Å². The lowest BCUT2D eigenvalue weighted by Crippen LogP contribution is -3.12. The number of esters is 1. The van der Waals surface area contributed by atoms with Gasteiger partial charge >= 0.3 is 5.97 Å². The Labute approximate surface area is 178 Å². The molecule has 4 bridgehead atoms. The SMILES string of the molecule is O=C(COC(=O)c1ccc(C[NH+]2CCOCC2)cc1)NC12CC3CC(CC(C3)C1)C2. The third kappa shape index (κ3) is 4.40. The second-order valence-electron chi connectivity index (χ2n) is 10.1. The molecular formula is C24H33N2O4+. The van der Waals surface area contributed by atoms with E-state index >= 15 is 0 Å². The van der Waals surface area contributed by atoms with E-state index in [2.05, 4.69) is 5.32 Å². The average Bonchev–Trinajstić information content (AvgIpc) is 2.72. The van der Waals surface area contributed by atoms with E-state index in [4.69, 9.17) is 9.47 Å². The van der Waals surface area contributed by atoms with Crippen LogP contribution in [-0.2, 0) is 20.8 Å². The summed E-state index contributed by atoms with van der Waals surface area (Å²) in [6, 6.07) is 7.56. The maximum atomic E-state index is 12.5. The minimum absolute atomic E-state index is 0.0400. The molecule has 30 heavy (non-hydrogen) atoms. The molecule has 162 valence electrons. The Hall–Kier alpha value is -1.92. The predicted octanol–water partition coefficient (Wildman–Crippen LogP) is 1.34. The smallest absolute Gasteiger partial charge is 0.338 e. The van der Waals surface area contributed by atoms with E-state index in [-0.39, 0.29) is 18.1 Å². The van der Waals surface area contributed by atoms with E-state index in [0.717, 1.165) is 69.9 Å². The van der Waals surface area contributed by atoms with E-state index in [0.29, 0.717) is 5.56 Å². The number of nitrogens with one attached hydrogen (secondary N) is 2. The quantitative estimate of drug-likeness (QED) is 0.691. The highest BCUT2D eigenvalue weighted by Gasteiger charge is 2.51. The van der Waals surface area contributed by atoms with E-state index < -0.39 is 5.97 Å². The summed E-state index contributed by atoms with van der Waals surface area (Å²) in [5.74, 6) is 1.74. The Kier molecular flexibility index (Phi) is 5.54. The molecule has 5 aliphatic rings. The van der Waals surface area contributed by atoms with Crippen LogP contribution in [0.5, 0.6) is 0 Å². The van der Waals surface area contributed by atoms with Crippen LogP contribution in [-0.4, -0.2) is 50.3 Å². The number of hydrogen-bond acceptors (Lipinski definition) is 4. The monoisotopic (exact) mass is 413 g/mol. The van der Waals surface area contributed by atoms with Crippen LogP contribution < -0.4 is 10.2 Å². The fraction of sp³-hybridized carbons (Fsp3) is 0.667. The molecule has 2 N–H and O–H groups in total. The predicted molar refractivity (Wildman–Crippen MR) is 111 cm³/mol. The molecule has 4 saturated carbocycles. The minimum atomic E-state index is -0.430. The third-order valence-electron chi connectivity index (χ3n) is 7.62. The van der Waals surface area contributed by atoms with Gasteiger partial charge in [-0.15, -0.1) is 0 Å². The first-order chi connectivity index (χ1) is 14.6. The van der Waals surface area contributed by atoms with Gasteiger partial charge in [0, 0.05) is 11.1 Å². The Balaban J connectivity index is 1.10. The van der Waals surface area contributed by atoms with Crippen LogP contribution in [0.3, 0.4) is 0 Å². The molecule has 1 aromatic carbocycles. The first-order valence-electron chi connectivity index (χ1n) is 11.6. The van der Waals surface area contributed by atoms with Crippen molar-refractivity contribution in [2.45, 2.75) is 50.6 Å². The van der Waals surface area contributed by atoms with E-state index in [9.17, 15) is 9.59 Å². The van der Waals surface area contributed by atoms with Gasteiger partial charge in [0.25, 0.3) is 5.91 Å². The topological polar surface area (TPSA) is 69.1 Å². The summed E-state index contributed by atoms with van der Waals surface area (Å²) in [5.41, 5.74) is 1.66. The van der Waals surface area contributed by atoms with Crippen molar-refractivity contribution in [3.63, 3.8) is 0 Å². The van der Waals surface area contributed by atoms with Gasteiger partial charge in [-0.2, -0.15) is 0 Å². The average molecular weight is 414 g/mol. The number of benzene rings is 1. The van der Waals surface area contributed by atoms with Crippen molar-refractivity contribution in [1.82, 2.24) is 5.32 Å². The van der Waals surface area contributed by atoms with Gasteiger partial charge in [0.2, 0.25) is 0 Å². The van der Waals surface area contributed by atoms with Crippen molar-refractivity contribution in [3.8, 4) is 0 Å². The fourth-order valence-corrected chi connectivity index (χ4v) is 6.69. The van der Waals surface area contributed by atoms with Crippen LogP contribution in [0.2, 0.25) is 0 Å². The van der Waals surface area contributed by atoms with E-state index in [1.54, 1.807) is 12.1 Å². The van der Waals surface area contributed by atoms with Crippen LogP contribution in [0, 0.1) is 17.8 Å². The van der Waals surface area contributed by atoms with Crippen molar-refractivity contribution < 1.29 is 24.0 Å². The highest BCUT2D eigenvalue weighted by Crippen LogP contribution is 2.55. The Morgan fingerprint density at radius 3 is 2.20 bits per heavy atom. The van der Waals surface area contributed by atoms with Crippen LogP contribution in [0.1, 0.15) is 54.4 Å². The lowest BCUT2D eigenvalue weighted by molar-refractivity contribution is -0.921. The van der Waals surface area contributed by atoms with Gasteiger partial charge in [0.05, 0.1) is 18.8 Å². The summed E-state index contributed by atoms with van der Waals surface area (Å²) >= 11 is 0. The summed E-state index contributed by atoms with van der Waals surface area (Å²) in [6.45, 7) is 4.40. The number of rotatable bonds is 6. The first kappa shape index (κ1) is 20.0. The number of hydrogen-bond donors (Lipinski definition) is 2. The van der Waals surface area contributed by atoms with Crippen molar-refractivity contribution in [2.24, 2.45) is 17.8 Å². The number of quaternary nitrogens is 1. The molecule has 1 amide bonds. The Morgan fingerprint density at radius 1 is 1.00 bits per heavy atom. The molecule has 0 radical (unpaired) electrons. The highest BCUT2D eigenvalue weighted by atomic mass is 16.5. The normalized spacial score (nSPS) is 32.7. The molecule has 4 aliphatic carbocycles. The zero-order chi connectivity index (χ0) is 20.6. The lowest BCUT2D eigenvalue weighted by atomic mass is 9.53. The lowest BCUT2D eigenvalue weighted by Gasteiger charge is -2.56. The number of carbonyl (C=O) groups is 2. The summed E-state index contributed by atoms with van der Waals surface area (Å²) < 4.78 is 10.7. The largest absolute Gasteiger partial charge is 0.452 e. The number of morpholine rings is 1. The molecule has 5 fully saturated rings. The van der Waals surface area contributed by atoms with Gasteiger partial charge in [0.15, 0.2) is 6.61 Å². The minimum Gasteiger partial charge on any atom is -0.452 e. The van der Waals surface area contributed by atoms with Gasteiger partial charge in [0.1, 0.15) is 19.6 Å². The third-order valence-corrected chi connectivity index (χ3v) is 7.62. The number of carbonyl (C=O) groups excluding carboxylic acids is 2. The second kappa shape index (κ2) is 8.31. The van der Waals surface area contributed by atoms with Crippen molar-refractivity contribution in [1.29, 1.82) is 0 Å². The zero-order valence-electron chi connectivity index (χ0n) is 17.7. The van der Waals surface area contributed by atoms with Crippen molar-refractivity contribution in [2.75, 3.05) is 32.9 Å². The summed E-state index contributed by atoms with van der Waals surface area (Å²) in [7, 11) is 0. The van der Waals surface area contributed by atoms with Crippen LogP contribution in [0.25, 0.3) is 0 Å². The number of ether oxygens (including phenoxy) is 2. The fourth-order valence-electron chi connectivity index (χ4n) is 6.69. The molecule has 0 aromatic heterocycles. The molecule has 0 spiro atoms. The maximum Gasteiger partial charge on any atom is 0.338 e. The first-order valence-corrected chi connectivity index (χ1v) is 11.6. The van der Waals surface area contributed by atoms with Crippen molar-refractivity contribution in [3.05, 3.63) is 35.4 Å². The maximum absolute atomic E-state index is 12.5. The summed E-state index contributed by atoms with van der Waals surface area (Å²) in [5, 5.41) is 3.26. The zero-order valence-corrected chi connectivity index (χ0v) is 17.7. The van der Waals surface area contributed by atoms with Crippen LogP contribution in [0.4, 0.5) is 0 Å². The molecule has 6 heteroatoms. The van der Waals surface area contributed by atoms with E-state index in [1.165, 1.54) is 29.7 Å². The van der Waals surface area contributed by atoms with Gasteiger partial charge in [-0.1, -0.05) is 12.1 Å². The molecule has 6 rings (SSSR count).